The van der Waals surface area contributed by atoms with Gasteiger partial charge in [0, 0.05) is 32.9 Å². The Morgan fingerprint density at radius 1 is 0.323 bits per heavy atom. The molecule has 0 aliphatic heterocycles. The lowest BCUT2D eigenvalue weighted by Gasteiger charge is -2.32. The summed E-state index contributed by atoms with van der Waals surface area (Å²) in [5.74, 6) is 0. The molecule has 0 aliphatic carbocycles. The van der Waals surface area contributed by atoms with Crippen molar-refractivity contribution in [3.63, 3.8) is 0 Å². The van der Waals surface area contributed by atoms with Crippen LogP contribution in [0.2, 0.25) is 39.3 Å². The highest BCUT2D eigenvalue weighted by Gasteiger charge is 2.26. The summed E-state index contributed by atoms with van der Waals surface area (Å²) in [7, 11) is -3.04. The van der Waals surface area contributed by atoms with E-state index in [-0.39, 0.29) is 0 Å². The van der Waals surface area contributed by atoms with Gasteiger partial charge in [0.1, 0.15) is 0 Å². The molecule has 0 heterocycles. The lowest BCUT2D eigenvalue weighted by atomic mass is 9.91. The third kappa shape index (κ3) is 6.68. The molecule has 62 heavy (non-hydrogen) atoms. The summed E-state index contributed by atoms with van der Waals surface area (Å²) in [6, 6.07) is 60.7. The molecule has 0 amide bonds. The van der Waals surface area contributed by atoms with Crippen LogP contribution in [-0.2, 0) is 0 Å². The summed E-state index contributed by atoms with van der Waals surface area (Å²) in [6.45, 7) is 23.5. The fourth-order valence-electron chi connectivity index (χ4n) is 9.81. The van der Waals surface area contributed by atoms with Crippen molar-refractivity contribution in [2.24, 2.45) is 0 Å². The summed E-state index contributed by atoms with van der Waals surface area (Å²) < 4.78 is 0. The van der Waals surface area contributed by atoms with Crippen LogP contribution in [0.1, 0.15) is 22.3 Å². The molecule has 306 valence electrons. The molecule has 0 spiro atoms. The van der Waals surface area contributed by atoms with Gasteiger partial charge < -0.3 is 9.80 Å². The van der Waals surface area contributed by atoms with Crippen molar-refractivity contribution in [2.75, 3.05) is 9.80 Å². The quantitative estimate of drug-likeness (QED) is 0.111. The van der Waals surface area contributed by atoms with Crippen LogP contribution in [0.4, 0.5) is 34.1 Å². The second-order valence-electron chi connectivity index (χ2n) is 19.8. The number of fused-ring (bicyclic) bond motifs is 2. The van der Waals surface area contributed by atoms with Crippen LogP contribution in [0.25, 0.3) is 53.9 Å². The van der Waals surface area contributed by atoms with Gasteiger partial charge in [0.25, 0.3) is 0 Å². The van der Waals surface area contributed by atoms with Crippen LogP contribution in [0.15, 0.2) is 158 Å². The molecular weight excluding hydrogens is 781 g/mol. The molecule has 2 nitrogen and oxygen atoms in total. The highest BCUT2D eigenvalue weighted by Crippen LogP contribution is 2.50. The molecule has 0 saturated heterocycles. The summed E-state index contributed by atoms with van der Waals surface area (Å²) in [4.78, 5) is 5.10. The first kappa shape index (κ1) is 39.9. The van der Waals surface area contributed by atoms with Crippen molar-refractivity contribution in [3.05, 3.63) is 180 Å². The molecular formula is C58H56N2Si2. The van der Waals surface area contributed by atoms with Crippen LogP contribution in [-0.4, -0.2) is 16.1 Å². The minimum absolute atomic E-state index is 1.18. The summed E-state index contributed by atoms with van der Waals surface area (Å²) in [6.07, 6.45) is 0. The Morgan fingerprint density at radius 2 is 0.661 bits per heavy atom. The molecule has 10 rings (SSSR count). The molecule has 4 heteroatoms. The van der Waals surface area contributed by atoms with Crippen molar-refractivity contribution in [3.8, 4) is 0 Å². The zero-order valence-electron chi connectivity index (χ0n) is 37.9. The van der Waals surface area contributed by atoms with E-state index in [2.05, 4.69) is 235 Å². The van der Waals surface area contributed by atoms with E-state index in [0.29, 0.717) is 0 Å². The van der Waals surface area contributed by atoms with Gasteiger partial charge in [0.05, 0.1) is 38.9 Å². The Labute approximate surface area is 369 Å². The molecule has 10 aromatic carbocycles. The van der Waals surface area contributed by atoms with E-state index in [1.807, 2.05) is 0 Å². The van der Waals surface area contributed by atoms with Gasteiger partial charge in [-0.1, -0.05) is 170 Å². The molecule has 0 atom stereocenters. The lowest BCUT2D eigenvalue weighted by molar-refractivity contribution is 1.28. The molecule has 0 aromatic heterocycles. The average Bonchev–Trinajstić information content (AvgIpc) is 3.25. The van der Waals surface area contributed by atoms with Gasteiger partial charge in [0.2, 0.25) is 0 Å². The Kier molecular flexibility index (Phi) is 9.47. The van der Waals surface area contributed by atoms with Crippen LogP contribution in [0.5, 0.6) is 0 Å². The Hall–Kier alpha value is -6.21. The van der Waals surface area contributed by atoms with Crippen LogP contribution < -0.4 is 20.2 Å². The summed E-state index contributed by atoms with van der Waals surface area (Å²) >= 11 is 0. The maximum absolute atomic E-state index is 2.55. The molecule has 0 bridgehead atoms. The van der Waals surface area contributed by atoms with Gasteiger partial charge in [-0.05, 0) is 120 Å². The van der Waals surface area contributed by atoms with Crippen LogP contribution in [0.3, 0.4) is 0 Å². The topological polar surface area (TPSA) is 6.48 Å². The zero-order chi connectivity index (χ0) is 43.2. The first-order chi connectivity index (χ1) is 29.7. The monoisotopic (exact) mass is 836 g/mol. The van der Waals surface area contributed by atoms with Crippen LogP contribution in [0, 0.1) is 27.7 Å². The van der Waals surface area contributed by atoms with Crippen molar-refractivity contribution in [1.29, 1.82) is 0 Å². The predicted octanol–water partition coefficient (Wildman–Crippen LogP) is 16.2. The Balaban J connectivity index is 1.27. The standard InChI is InChI=1S/C58H56N2Si2/c1-37-11-15-41-17-13-39(3)57(51(41)35-37)59(45-23-27-47(28-24-45)61(5,6)7)53-33-21-43-20-32-50-54(34-22-44-19-31-49(53)55(43)56(44)50)60(46-25-29-48(30-26-46)62(8,9)10)58-40(4)14-18-42-16-12-38(2)36-52(42)58/h11-36H,1-10H3. The van der Waals surface area contributed by atoms with E-state index in [4.69, 9.17) is 0 Å². The van der Waals surface area contributed by atoms with Gasteiger partial charge in [0.15, 0.2) is 0 Å². The minimum Gasteiger partial charge on any atom is -0.309 e. The highest BCUT2D eigenvalue weighted by atomic mass is 28.3. The van der Waals surface area contributed by atoms with Gasteiger partial charge >= 0.3 is 0 Å². The van der Waals surface area contributed by atoms with Gasteiger partial charge in [-0.3, -0.25) is 0 Å². The average molecular weight is 837 g/mol. The molecule has 0 radical (unpaired) electrons. The van der Waals surface area contributed by atoms with E-state index < -0.39 is 16.1 Å². The van der Waals surface area contributed by atoms with Crippen molar-refractivity contribution in [2.45, 2.75) is 67.0 Å². The second-order valence-corrected chi connectivity index (χ2v) is 29.9. The number of hydrogen-bond acceptors (Lipinski definition) is 2. The number of benzene rings is 10. The van der Waals surface area contributed by atoms with E-state index in [1.54, 1.807) is 0 Å². The van der Waals surface area contributed by atoms with E-state index in [1.165, 1.54) is 121 Å². The van der Waals surface area contributed by atoms with Crippen LogP contribution >= 0.6 is 0 Å². The van der Waals surface area contributed by atoms with Gasteiger partial charge in [-0.2, -0.15) is 0 Å². The number of nitrogens with zero attached hydrogens (tertiary/aromatic N) is 2. The predicted molar refractivity (Wildman–Crippen MR) is 279 cm³/mol. The van der Waals surface area contributed by atoms with Gasteiger partial charge in [-0.15, -0.1) is 0 Å². The SMILES string of the molecule is Cc1ccc2ccc(C)c(N(c3ccc([Si](C)(C)C)cc3)c3ccc4ccc5c(N(c6ccc([Si](C)(C)C)cc6)c6c(C)ccc7ccc(C)cc67)ccc6ccc3c4c65)c2c1. The number of rotatable bonds is 8. The molecule has 0 aliphatic rings. The zero-order valence-corrected chi connectivity index (χ0v) is 39.9. The number of hydrogen-bond donors (Lipinski definition) is 0. The molecule has 0 N–H and O–H groups in total. The van der Waals surface area contributed by atoms with E-state index >= 15 is 0 Å². The second kappa shape index (κ2) is 14.7. The maximum Gasteiger partial charge on any atom is 0.0775 e. The lowest BCUT2D eigenvalue weighted by Crippen LogP contribution is -2.37. The molecule has 10 aromatic rings. The third-order valence-electron chi connectivity index (χ3n) is 13.2. The minimum atomic E-state index is -1.52. The largest absolute Gasteiger partial charge is 0.309 e. The van der Waals surface area contributed by atoms with Crippen molar-refractivity contribution >= 4 is 115 Å². The fourth-order valence-corrected chi connectivity index (χ4v) is 12.1. The normalized spacial score (nSPS) is 12.4. The highest BCUT2D eigenvalue weighted by molar-refractivity contribution is 6.89. The number of anilines is 6. The van der Waals surface area contributed by atoms with Crippen molar-refractivity contribution < 1.29 is 0 Å². The first-order valence-corrected chi connectivity index (χ1v) is 29.2. The maximum atomic E-state index is 2.55. The molecule has 0 saturated carbocycles. The Bertz CT molecular complexity index is 3110. The van der Waals surface area contributed by atoms with Crippen molar-refractivity contribution in [1.82, 2.24) is 0 Å². The first-order valence-electron chi connectivity index (χ1n) is 22.2. The number of aryl methyl sites for hydroxylation is 4. The van der Waals surface area contributed by atoms with E-state index in [0.717, 1.165) is 0 Å². The molecule has 0 unspecified atom stereocenters. The molecule has 0 fully saturated rings. The smallest absolute Gasteiger partial charge is 0.0775 e. The fraction of sp³-hybridized carbons (Fsp3) is 0.172. The van der Waals surface area contributed by atoms with E-state index in [9.17, 15) is 0 Å². The van der Waals surface area contributed by atoms with Gasteiger partial charge in [-0.25, -0.2) is 0 Å². The summed E-state index contributed by atoms with van der Waals surface area (Å²) in [5.41, 5.74) is 12.2. The third-order valence-corrected chi connectivity index (χ3v) is 17.4. The Morgan fingerprint density at radius 3 is 1.03 bits per heavy atom. The summed E-state index contributed by atoms with van der Waals surface area (Å²) in [5, 5.41) is 15.6.